The standard InChI is InChI=1S/C15H21F3N4O3/c1-9(2)13(19)14(24)22-7-11(23)21-6-10-3-4-20-12(5-10)25-8-15(16,17)18/h3-5,9,13H,6-8,19H2,1-2H3,(H,21,23)(H,22,24)/t13-/m0/s1. The number of nitrogens with zero attached hydrogens (tertiary/aromatic N) is 1. The third-order valence-corrected chi connectivity index (χ3v) is 3.12. The van der Waals surface area contributed by atoms with Gasteiger partial charge in [0.05, 0.1) is 12.6 Å². The van der Waals surface area contributed by atoms with Crippen molar-refractivity contribution in [1.82, 2.24) is 15.6 Å². The highest BCUT2D eigenvalue weighted by Crippen LogP contribution is 2.17. The molecule has 1 aromatic rings. The van der Waals surface area contributed by atoms with Crippen LogP contribution in [0.25, 0.3) is 0 Å². The van der Waals surface area contributed by atoms with Gasteiger partial charge in [0.25, 0.3) is 0 Å². The van der Waals surface area contributed by atoms with Gasteiger partial charge in [-0.3, -0.25) is 9.59 Å². The number of carbonyl (C=O) groups is 2. The highest BCUT2D eigenvalue weighted by atomic mass is 19.4. The van der Waals surface area contributed by atoms with Gasteiger partial charge in [-0.1, -0.05) is 13.8 Å². The Hall–Kier alpha value is -2.36. The lowest BCUT2D eigenvalue weighted by Gasteiger charge is -2.15. The van der Waals surface area contributed by atoms with Crippen LogP contribution < -0.4 is 21.1 Å². The number of amides is 2. The van der Waals surface area contributed by atoms with Crippen molar-refractivity contribution in [3.63, 3.8) is 0 Å². The number of nitrogens with two attached hydrogens (primary N) is 1. The molecule has 0 radical (unpaired) electrons. The summed E-state index contributed by atoms with van der Waals surface area (Å²) < 4.78 is 40.8. The van der Waals surface area contributed by atoms with E-state index >= 15 is 0 Å². The average Bonchev–Trinajstić information content (AvgIpc) is 2.55. The van der Waals surface area contributed by atoms with Crippen molar-refractivity contribution < 1.29 is 27.5 Å². The maximum atomic E-state index is 12.1. The minimum Gasteiger partial charge on any atom is -0.468 e. The van der Waals surface area contributed by atoms with Gasteiger partial charge in [0.15, 0.2) is 6.61 Å². The first kappa shape index (κ1) is 20.7. The molecule has 1 rings (SSSR count). The fraction of sp³-hybridized carbons (Fsp3) is 0.533. The molecule has 2 amide bonds. The Morgan fingerprint density at radius 2 is 2.00 bits per heavy atom. The van der Waals surface area contributed by atoms with Crippen molar-refractivity contribution in [3.8, 4) is 5.88 Å². The molecule has 1 heterocycles. The number of carbonyl (C=O) groups excluding carboxylic acids is 2. The van der Waals surface area contributed by atoms with Crippen LogP contribution in [0.15, 0.2) is 18.3 Å². The van der Waals surface area contributed by atoms with Crippen LogP contribution >= 0.6 is 0 Å². The van der Waals surface area contributed by atoms with Crippen LogP contribution in [0.5, 0.6) is 5.88 Å². The molecule has 140 valence electrons. The second-order valence-electron chi connectivity index (χ2n) is 5.67. The zero-order valence-corrected chi connectivity index (χ0v) is 13.9. The monoisotopic (exact) mass is 362 g/mol. The molecule has 25 heavy (non-hydrogen) atoms. The Balaban J connectivity index is 2.42. The number of hydrogen-bond donors (Lipinski definition) is 3. The maximum Gasteiger partial charge on any atom is 0.422 e. The molecule has 4 N–H and O–H groups in total. The van der Waals surface area contributed by atoms with Crippen LogP contribution in [-0.2, 0) is 16.1 Å². The Morgan fingerprint density at radius 1 is 1.32 bits per heavy atom. The third-order valence-electron chi connectivity index (χ3n) is 3.12. The molecule has 0 aliphatic rings. The van der Waals surface area contributed by atoms with Crippen LogP contribution in [0.4, 0.5) is 13.2 Å². The summed E-state index contributed by atoms with van der Waals surface area (Å²) in [4.78, 5) is 27.0. The summed E-state index contributed by atoms with van der Waals surface area (Å²) in [5.74, 6) is -1.15. The highest BCUT2D eigenvalue weighted by Gasteiger charge is 2.28. The summed E-state index contributed by atoms with van der Waals surface area (Å²) in [6.45, 7) is 1.92. The average molecular weight is 362 g/mol. The Labute approximate surface area is 143 Å². The lowest BCUT2D eigenvalue weighted by molar-refractivity contribution is -0.154. The zero-order valence-electron chi connectivity index (χ0n) is 13.9. The lowest BCUT2D eigenvalue weighted by atomic mass is 10.1. The van der Waals surface area contributed by atoms with Gasteiger partial charge < -0.3 is 21.1 Å². The van der Waals surface area contributed by atoms with E-state index in [1.54, 1.807) is 13.8 Å². The number of rotatable bonds is 8. The Bertz CT molecular complexity index is 594. The molecule has 1 atom stereocenters. The van der Waals surface area contributed by atoms with Crippen LogP contribution in [0.1, 0.15) is 19.4 Å². The lowest BCUT2D eigenvalue weighted by Crippen LogP contribution is -2.47. The summed E-state index contributed by atoms with van der Waals surface area (Å²) in [5.41, 5.74) is 6.15. The molecule has 0 fully saturated rings. The number of hydrogen-bond acceptors (Lipinski definition) is 5. The summed E-state index contributed by atoms with van der Waals surface area (Å²) >= 11 is 0. The van der Waals surface area contributed by atoms with E-state index in [4.69, 9.17) is 5.73 Å². The highest BCUT2D eigenvalue weighted by molar-refractivity contribution is 5.87. The van der Waals surface area contributed by atoms with E-state index in [9.17, 15) is 22.8 Å². The smallest absolute Gasteiger partial charge is 0.422 e. The molecule has 10 heteroatoms. The molecule has 0 unspecified atom stereocenters. The van der Waals surface area contributed by atoms with Crippen molar-refractivity contribution in [3.05, 3.63) is 23.9 Å². The van der Waals surface area contributed by atoms with Crippen molar-refractivity contribution in [2.45, 2.75) is 32.6 Å². The van der Waals surface area contributed by atoms with Crippen LogP contribution in [0.2, 0.25) is 0 Å². The van der Waals surface area contributed by atoms with E-state index in [0.717, 1.165) is 0 Å². The number of pyridine rings is 1. The molecular formula is C15H21F3N4O3. The van der Waals surface area contributed by atoms with Gasteiger partial charge in [0.1, 0.15) is 0 Å². The van der Waals surface area contributed by atoms with E-state index in [1.165, 1.54) is 18.3 Å². The second kappa shape index (κ2) is 9.21. The molecule has 0 aliphatic heterocycles. The maximum absolute atomic E-state index is 12.1. The molecule has 0 aromatic carbocycles. The van der Waals surface area contributed by atoms with Gasteiger partial charge in [-0.2, -0.15) is 13.2 Å². The van der Waals surface area contributed by atoms with Gasteiger partial charge in [-0.25, -0.2) is 4.98 Å². The zero-order chi connectivity index (χ0) is 19.0. The predicted octanol–water partition coefficient (Wildman–Crippen LogP) is 0.738. The molecule has 0 spiro atoms. The first-order chi connectivity index (χ1) is 11.6. The second-order valence-corrected chi connectivity index (χ2v) is 5.67. The van der Waals surface area contributed by atoms with Gasteiger partial charge in [0, 0.05) is 18.8 Å². The number of ether oxygens (including phenoxy) is 1. The number of aromatic nitrogens is 1. The SMILES string of the molecule is CC(C)[C@H](N)C(=O)NCC(=O)NCc1ccnc(OCC(F)(F)F)c1. The fourth-order valence-corrected chi connectivity index (χ4v) is 1.65. The number of nitrogens with one attached hydrogen (secondary N) is 2. The number of halogens is 3. The van der Waals surface area contributed by atoms with Crippen molar-refractivity contribution in [1.29, 1.82) is 0 Å². The quantitative estimate of drug-likeness (QED) is 0.632. The van der Waals surface area contributed by atoms with Gasteiger partial charge in [-0.05, 0) is 17.5 Å². The van der Waals surface area contributed by atoms with Crippen molar-refractivity contribution >= 4 is 11.8 Å². The molecular weight excluding hydrogens is 341 g/mol. The van der Waals surface area contributed by atoms with Crippen LogP contribution in [0.3, 0.4) is 0 Å². The first-order valence-electron chi connectivity index (χ1n) is 7.53. The Kier molecular flexibility index (Phi) is 7.62. The van der Waals surface area contributed by atoms with Gasteiger partial charge in [0.2, 0.25) is 17.7 Å². The number of alkyl halides is 3. The van der Waals surface area contributed by atoms with E-state index in [0.29, 0.717) is 5.56 Å². The van der Waals surface area contributed by atoms with E-state index in [1.807, 2.05) is 0 Å². The summed E-state index contributed by atoms with van der Waals surface area (Å²) in [7, 11) is 0. The van der Waals surface area contributed by atoms with Gasteiger partial charge in [-0.15, -0.1) is 0 Å². The fourth-order valence-electron chi connectivity index (χ4n) is 1.65. The minimum atomic E-state index is -4.46. The molecule has 0 bridgehead atoms. The minimum absolute atomic E-state index is 0.0514. The molecule has 0 saturated heterocycles. The van der Waals surface area contributed by atoms with Crippen molar-refractivity contribution in [2.75, 3.05) is 13.2 Å². The summed E-state index contributed by atoms with van der Waals surface area (Å²) in [6, 6.07) is 2.11. The van der Waals surface area contributed by atoms with E-state index < -0.39 is 30.6 Å². The molecule has 0 saturated carbocycles. The van der Waals surface area contributed by atoms with Crippen LogP contribution in [0, 0.1) is 5.92 Å². The normalized spacial score (nSPS) is 12.6. The molecule has 1 aromatic heterocycles. The summed E-state index contributed by atoms with van der Waals surface area (Å²) in [5, 5.41) is 4.93. The molecule has 7 nitrogen and oxygen atoms in total. The van der Waals surface area contributed by atoms with Gasteiger partial charge >= 0.3 is 6.18 Å². The molecule has 0 aliphatic carbocycles. The topological polar surface area (TPSA) is 106 Å². The van der Waals surface area contributed by atoms with Crippen LogP contribution in [-0.4, -0.2) is 42.2 Å². The van der Waals surface area contributed by atoms with E-state index in [2.05, 4.69) is 20.4 Å². The Morgan fingerprint density at radius 3 is 2.60 bits per heavy atom. The predicted molar refractivity (Wildman–Crippen MR) is 83.5 cm³/mol. The third kappa shape index (κ3) is 8.34. The van der Waals surface area contributed by atoms with E-state index in [-0.39, 0.29) is 24.9 Å². The first-order valence-corrected chi connectivity index (χ1v) is 7.53. The summed E-state index contributed by atoms with van der Waals surface area (Å²) in [6.07, 6.45) is -3.18. The van der Waals surface area contributed by atoms with Crippen molar-refractivity contribution in [2.24, 2.45) is 11.7 Å². The largest absolute Gasteiger partial charge is 0.468 e.